The van der Waals surface area contributed by atoms with E-state index in [0.717, 1.165) is 24.7 Å². The minimum absolute atomic E-state index is 0.553. The maximum atomic E-state index is 6.40. The van der Waals surface area contributed by atoms with Gasteiger partial charge in [0.25, 0.3) is 0 Å². The van der Waals surface area contributed by atoms with Gasteiger partial charge in [-0.2, -0.15) is 11.8 Å². The molecule has 0 aliphatic carbocycles. The van der Waals surface area contributed by atoms with Gasteiger partial charge in [0.2, 0.25) is 0 Å². The molecule has 1 aliphatic rings. The first-order valence-electron chi connectivity index (χ1n) is 7.01. The van der Waals surface area contributed by atoms with E-state index in [9.17, 15) is 0 Å². The number of hydrogen-bond acceptors (Lipinski definition) is 3. The third-order valence-corrected chi connectivity index (χ3v) is 5.53. The van der Waals surface area contributed by atoms with E-state index in [1.54, 1.807) is 0 Å². The van der Waals surface area contributed by atoms with Gasteiger partial charge in [0.1, 0.15) is 0 Å². The van der Waals surface area contributed by atoms with Gasteiger partial charge < -0.3 is 10.2 Å². The molecule has 1 aromatic carbocycles. The van der Waals surface area contributed by atoms with E-state index in [-0.39, 0.29) is 0 Å². The Balaban J connectivity index is 2.29. The van der Waals surface area contributed by atoms with Gasteiger partial charge in [0, 0.05) is 46.4 Å². The molecule has 1 fully saturated rings. The molecule has 2 nitrogen and oxygen atoms in total. The molecule has 1 N–H and O–H groups in total. The number of benzene rings is 1. The molecule has 4 heteroatoms. The first-order chi connectivity index (χ1) is 9.15. The van der Waals surface area contributed by atoms with Gasteiger partial charge in [-0.05, 0) is 25.6 Å². The van der Waals surface area contributed by atoms with E-state index in [4.69, 9.17) is 11.6 Å². The Morgan fingerprint density at radius 2 is 2.21 bits per heavy atom. The Morgan fingerprint density at radius 3 is 2.95 bits per heavy atom. The third-order valence-electron chi connectivity index (χ3n) is 3.84. The highest BCUT2D eigenvalue weighted by Gasteiger charge is 2.27. The van der Waals surface area contributed by atoms with E-state index in [1.807, 2.05) is 6.07 Å². The van der Waals surface area contributed by atoms with E-state index < -0.39 is 0 Å². The maximum Gasteiger partial charge on any atom is 0.0471 e. The predicted octanol–water partition coefficient (Wildman–Crippen LogP) is 3.78. The Morgan fingerprint density at radius 1 is 1.42 bits per heavy atom. The van der Waals surface area contributed by atoms with Crippen LogP contribution >= 0.6 is 23.4 Å². The second-order valence-electron chi connectivity index (χ2n) is 5.03. The topological polar surface area (TPSA) is 15.3 Å². The molecule has 1 aliphatic heterocycles. The monoisotopic (exact) mass is 298 g/mol. The minimum Gasteiger partial charge on any atom is -0.367 e. The zero-order valence-electron chi connectivity index (χ0n) is 11.9. The molecule has 0 aromatic heterocycles. The summed E-state index contributed by atoms with van der Waals surface area (Å²) in [5, 5.41) is 4.93. The fraction of sp³-hybridized carbons (Fsp3) is 0.600. The number of halogens is 1. The molecule has 1 heterocycles. The van der Waals surface area contributed by atoms with Gasteiger partial charge in [0.05, 0.1) is 0 Å². The molecule has 0 bridgehead atoms. The summed E-state index contributed by atoms with van der Waals surface area (Å²) in [6.07, 6.45) is 0. The van der Waals surface area contributed by atoms with Crippen molar-refractivity contribution in [3.63, 3.8) is 0 Å². The summed E-state index contributed by atoms with van der Waals surface area (Å²) in [6.45, 7) is 9.67. The van der Waals surface area contributed by atoms with E-state index in [1.165, 1.54) is 17.0 Å². The molecule has 1 saturated heterocycles. The van der Waals surface area contributed by atoms with Crippen molar-refractivity contribution in [2.45, 2.75) is 38.6 Å². The summed E-state index contributed by atoms with van der Waals surface area (Å²) >= 11 is 8.46. The first kappa shape index (κ1) is 15.0. The summed E-state index contributed by atoms with van der Waals surface area (Å²) in [4.78, 5) is 2.51. The summed E-state index contributed by atoms with van der Waals surface area (Å²) in [5.74, 6) is 1.19. The molecule has 0 saturated carbocycles. The minimum atomic E-state index is 0.553. The fourth-order valence-corrected chi connectivity index (χ4v) is 3.85. The highest BCUT2D eigenvalue weighted by atomic mass is 35.5. The Kier molecular flexibility index (Phi) is 5.43. The van der Waals surface area contributed by atoms with E-state index >= 15 is 0 Å². The average Bonchev–Trinajstić information content (AvgIpc) is 2.40. The van der Waals surface area contributed by atoms with Crippen LogP contribution in [0.4, 0.5) is 5.69 Å². The molecule has 2 atom stereocenters. The van der Waals surface area contributed by atoms with Gasteiger partial charge in [-0.25, -0.2) is 0 Å². The lowest BCUT2D eigenvalue weighted by Crippen LogP contribution is -2.45. The lowest BCUT2D eigenvalue weighted by atomic mass is 10.1. The lowest BCUT2D eigenvalue weighted by Gasteiger charge is -2.40. The molecule has 2 rings (SSSR count). The van der Waals surface area contributed by atoms with Crippen LogP contribution in [-0.2, 0) is 6.54 Å². The highest BCUT2D eigenvalue weighted by Crippen LogP contribution is 2.34. The summed E-state index contributed by atoms with van der Waals surface area (Å²) in [6, 6.07) is 6.81. The van der Waals surface area contributed by atoms with Crippen LogP contribution in [0.2, 0.25) is 5.02 Å². The van der Waals surface area contributed by atoms with Crippen LogP contribution in [0.15, 0.2) is 18.2 Å². The summed E-state index contributed by atoms with van der Waals surface area (Å²) < 4.78 is 0. The number of nitrogens with one attached hydrogen (secondary N) is 1. The Labute approximate surface area is 125 Å². The standard InChI is InChI=1S/C15H23ClN2S/c1-4-17-10-13-14(16)6-5-7-15(13)18-8-9-19-12(3)11(18)2/h5-7,11-12,17H,4,8-10H2,1-3H3. The van der Waals surface area contributed by atoms with Crippen LogP contribution < -0.4 is 10.2 Å². The second-order valence-corrected chi connectivity index (χ2v) is 6.92. The van der Waals surface area contributed by atoms with Crippen LogP contribution in [0.1, 0.15) is 26.3 Å². The fourth-order valence-electron chi connectivity index (χ4n) is 2.51. The molecule has 0 amide bonds. The van der Waals surface area contributed by atoms with Crippen molar-refractivity contribution in [3.05, 3.63) is 28.8 Å². The largest absolute Gasteiger partial charge is 0.367 e. The smallest absolute Gasteiger partial charge is 0.0471 e. The highest BCUT2D eigenvalue weighted by molar-refractivity contribution is 8.00. The number of nitrogens with zero attached hydrogens (tertiary/aromatic N) is 1. The van der Waals surface area contributed by atoms with Gasteiger partial charge >= 0.3 is 0 Å². The normalized spacial score (nSPS) is 23.7. The molecular weight excluding hydrogens is 276 g/mol. The van der Waals surface area contributed by atoms with Crippen molar-refractivity contribution >= 4 is 29.1 Å². The van der Waals surface area contributed by atoms with Crippen molar-refractivity contribution in [1.29, 1.82) is 0 Å². The van der Waals surface area contributed by atoms with Gasteiger partial charge in [-0.15, -0.1) is 0 Å². The van der Waals surface area contributed by atoms with Crippen LogP contribution in [0.3, 0.4) is 0 Å². The van der Waals surface area contributed by atoms with Crippen molar-refractivity contribution in [2.24, 2.45) is 0 Å². The van der Waals surface area contributed by atoms with Gasteiger partial charge in [-0.1, -0.05) is 31.5 Å². The summed E-state index contributed by atoms with van der Waals surface area (Å²) in [7, 11) is 0. The van der Waals surface area contributed by atoms with Crippen molar-refractivity contribution < 1.29 is 0 Å². The number of thioether (sulfide) groups is 1. The molecule has 19 heavy (non-hydrogen) atoms. The van der Waals surface area contributed by atoms with Crippen molar-refractivity contribution in [3.8, 4) is 0 Å². The molecule has 0 spiro atoms. The number of rotatable bonds is 4. The molecule has 106 valence electrons. The van der Waals surface area contributed by atoms with Gasteiger partial charge in [0.15, 0.2) is 0 Å². The van der Waals surface area contributed by atoms with E-state index in [0.29, 0.717) is 11.3 Å². The van der Waals surface area contributed by atoms with Crippen molar-refractivity contribution in [2.75, 3.05) is 23.7 Å². The zero-order valence-corrected chi connectivity index (χ0v) is 13.5. The van der Waals surface area contributed by atoms with Crippen molar-refractivity contribution in [1.82, 2.24) is 5.32 Å². The SMILES string of the molecule is CCNCc1c(Cl)cccc1N1CCSC(C)C1C. The third kappa shape index (κ3) is 3.39. The maximum absolute atomic E-state index is 6.40. The van der Waals surface area contributed by atoms with Crippen LogP contribution in [0, 0.1) is 0 Å². The van der Waals surface area contributed by atoms with E-state index in [2.05, 4.69) is 54.9 Å². The van der Waals surface area contributed by atoms with Crippen LogP contribution in [0.25, 0.3) is 0 Å². The molecular formula is C15H23ClN2S. The van der Waals surface area contributed by atoms with Gasteiger partial charge in [-0.3, -0.25) is 0 Å². The zero-order chi connectivity index (χ0) is 13.8. The average molecular weight is 299 g/mol. The first-order valence-corrected chi connectivity index (χ1v) is 8.44. The molecule has 0 radical (unpaired) electrons. The summed E-state index contributed by atoms with van der Waals surface area (Å²) in [5.41, 5.74) is 2.53. The second kappa shape index (κ2) is 6.87. The van der Waals surface area contributed by atoms with Crippen LogP contribution in [0.5, 0.6) is 0 Å². The Hall–Kier alpha value is -0.380. The lowest BCUT2D eigenvalue weighted by molar-refractivity contribution is 0.621. The number of anilines is 1. The Bertz CT molecular complexity index is 425. The molecule has 1 aromatic rings. The van der Waals surface area contributed by atoms with Crippen LogP contribution in [-0.4, -0.2) is 30.1 Å². The molecule has 2 unspecified atom stereocenters. The predicted molar refractivity (Wildman–Crippen MR) is 87.6 cm³/mol. The number of hydrogen-bond donors (Lipinski definition) is 1. The quantitative estimate of drug-likeness (QED) is 0.911.